The zero-order chi connectivity index (χ0) is 10.1. The molecule has 0 amide bonds. The summed E-state index contributed by atoms with van der Waals surface area (Å²) in [5, 5.41) is 1.07. The molecule has 0 aliphatic rings. The molecule has 0 spiro atoms. The molecule has 74 valence electrons. The van der Waals surface area contributed by atoms with Crippen molar-refractivity contribution >= 4 is 11.0 Å². The summed E-state index contributed by atoms with van der Waals surface area (Å²) in [5.41, 5.74) is 7.46. The second-order valence-corrected chi connectivity index (χ2v) is 3.19. The van der Waals surface area contributed by atoms with E-state index in [1.807, 2.05) is 25.1 Å². The Labute approximate surface area is 82.5 Å². The van der Waals surface area contributed by atoms with Gasteiger partial charge in [-0.2, -0.15) is 0 Å². The molecule has 3 heteroatoms. The predicted molar refractivity (Wildman–Crippen MR) is 55.4 cm³/mol. The van der Waals surface area contributed by atoms with E-state index in [2.05, 4.69) is 0 Å². The van der Waals surface area contributed by atoms with Crippen molar-refractivity contribution in [1.29, 1.82) is 0 Å². The van der Waals surface area contributed by atoms with Gasteiger partial charge in [-0.15, -0.1) is 0 Å². The molecule has 2 N–H and O–H groups in total. The predicted octanol–water partition coefficient (Wildman–Crippen LogP) is 2.21. The smallest absolute Gasteiger partial charge is 0.176 e. The number of para-hydroxylation sites is 1. The minimum Gasteiger partial charge on any atom is -0.493 e. The molecule has 14 heavy (non-hydrogen) atoms. The van der Waals surface area contributed by atoms with Gasteiger partial charge in [0.05, 0.1) is 13.7 Å². The third-order valence-electron chi connectivity index (χ3n) is 2.43. The molecule has 2 aromatic rings. The average Bonchev–Trinajstić information content (AvgIpc) is 2.55. The normalized spacial score (nSPS) is 10.8. The second kappa shape index (κ2) is 3.35. The zero-order valence-electron chi connectivity index (χ0n) is 8.33. The first-order chi connectivity index (χ1) is 6.77. The summed E-state index contributed by atoms with van der Waals surface area (Å²) in [5.74, 6) is 1.58. The van der Waals surface area contributed by atoms with Gasteiger partial charge in [-0.1, -0.05) is 12.1 Å². The van der Waals surface area contributed by atoms with Crippen LogP contribution in [-0.2, 0) is 6.54 Å². The summed E-state index contributed by atoms with van der Waals surface area (Å²) in [6.07, 6.45) is 0. The minimum absolute atomic E-state index is 0.420. The van der Waals surface area contributed by atoms with Crippen LogP contribution in [0.2, 0.25) is 0 Å². The van der Waals surface area contributed by atoms with Gasteiger partial charge in [0.15, 0.2) is 11.3 Å². The highest BCUT2D eigenvalue weighted by atomic mass is 16.5. The van der Waals surface area contributed by atoms with E-state index in [-0.39, 0.29) is 0 Å². The molecular weight excluding hydrogens is 178 g/mol. The number of rotatable bonds is 2. The fourth-order valence-electron chi connectivity index (χ4n) is 1.62. The van der Waals surface area contributed by atoms with E-state index >= 15 is 0 Å². The van der Waals surface area contributed by atoms with Crippen LogP contribution in [0, 0.1) is 6.92 Å². The molecule has 0 radical (unpaired) electrons. The lowest BCUT2D eigenvalue weighted by atomic mass is 10.1. The number of methoxy groups -OCH3 is 1. The summed E-state index contributed by atoms with van der Waals surface area (Å²) >= 11 is 0. The minimum atomic E-state index is 0.420. The quantitative estimate of drug-likeness (QED) is 0.791. The number of hydrogen-bond acceptors (Lipinski definition) is 3. The molecule has 0 saturated heterocycles. The molecule has 0 aliphatic heterocycles. The lowest BCUT2D eigenvalue weighted by molar-refractivity contribution is 0.407. The number of benzene rings is 1. The summed E-state index contributed by atoms with van der Waals surface area (Å²) in [6.45, 7) is 2.43. The Morgan fingerprint density at radius 2 is 2.21 bits per heavy atom. The van der Waals surface area contributed by atoms with Crippen molar-refractivity contribution < 1.29 is 9.15 Å². The fourth-order valence-corrected chi connectivity index (χ4v) is 1.62. The van der Waals surface area contributed by atoms with Crippen LogP contribution in [0.1, 0.15) is 11.3 Å². The van der Waals surface area contributed by atoms with Gasteiger partial charge in [-0.25, -0.2) is 0 Å². The largest absolute Gasteiger partial charge is 0.493 e. The van der Waals surface area contributed by atoms with Crippen LogP contribution in [0.3, 0.4) is 0 Å². The number of ether oxygens (including phenoxy) is 1. The Hall–Kier alpha value is -1.48. The van der Waals surface area contributed by atoms with E-state index in [0.29, 0.717) is 6.54 Å². The lowest BCUT2D eigenvalue weighted by Crippen LogP contribution is -1.95. The maximum Gasteiger partial charge on any atom is 0.176 e. The Morgan fingerprint density at radius 3 is 2.86 bits per heavy atom. The third kappa shape index (κ3) is 1.17. The summed E-state index contributed by atoms with van der Waals surface area (Å²) in [4.78, 5) is 0. The first-order valence-corrected chi connectivity index (χ1v) is 4.53. The summed E-state index contributed by atoms with van der Waals surface area (Å²) < 4.78 is 10.8. The van der Waals surface area contributed by atoms with Crippen molar-refractivity contribution in [3.63, 3.8) is 0 Å². The van der Waals surface area contributed by atoms with E-state index in [1.165, 1.54) is 0 Å². The molecule has 0 fully saturated rings. The van der Waals surface area contributed by atoms with Crippen molar-refractivity contribution in [2.45, 2.75) is 13.5 Å². The third-order valence-corrected chi connectivity index (χ3v) is 2.43. The molecule has 0 saturated carbocycles. The molecular formula is C11H13NO2. The van der Waals surface area contributed by atoms with Crippen LogP contribution < -0.4 is 10.5 Å². The maximum atomic E-state index is 5.62. The SMILES string of the molecule is COc1cccc2c(C)c(CN)oc12. The van der Waals surface area contributed by atoms with Gasteiger partial charge in [0.1, 0.15) is 5.76 Å². The topological polar surface area (TPSA) is 48.4 Å². The van der Waals surface area contributed by atoms with Gasteiger partial charge < -0.3 is 14.9 Å². The van der Waals surface area contributed by atoms with Crippen LogP contribution in [0.4, 0.5) is 0 Å². The van der Waals surface area contributed by atoms with Crippen molar-refractivity contribution in [3.05, 3.63) is 29.5 Å². The van der Waals surface area contributed by atoms with E-state index in [0.717, 1.165) is 28.0 Å². The van der Waals surface area contributed by atoms with Gasteiger partial charge in [0.2, 0.25) is 0 Å². The highest BCUT2D eigenvalue weighted by Crippen LogP contribution is 2.31. The second-order valence-electron chi connectivity index (χ2n) is 3.19. The number of nitrogens with two attached hydrogens (primary N) is 1. The summed E-state index contributed by atoms with van der Waals surface area (Å²) in [6, 6.07) is 5.84. The standard InChI is InChI=1S/C11H13NO2/c1-7-8-4-3-5-9(13-2)11(8)14-10(7)6-12/h3-5H,6,12H2,1-2H3. The lowest BCUT2D eigenvalue weighted by Gasteiger charge is -1.98. The Bertz CT molecular complexity index is 460. The average molecular weight is 191 g/mol. The number of hydrogen-bond donors (Lipinski definition) is 1. The number of fused-ring (bicyclic) bond motifs is 1. The molecule has 0 bridgehead atoms. The Kier molecular flexibility index (Phi) is 2.17. The Morgan fingerprint density at radius 1 is 1.43 bits per heavy atom. The molecule has 3 nitrogen and oxygen atoms in total. The van der Waals surface area contributed by atoms with Crippen LogP contribution in [0.15, 0.2) is 22.6 Å². The highest BCUT2D eigenvalue weighted by Gasteiger charge is 2.11. The zero-order valence-corrected chi connectivity index (χ0v) is 8.33. The van der Waals surface area contributed by atoms with Crippen molar-refractivity contribution in [2.24, 2.45) is 5.73 Å². The molecule has 0 unspecified atom stereocenters. The maximum absolute atomic E-state index is 5.62. The van der Waals surface area contributed by atoms with Gasteiger partial charge in [0.25, 0.3) is 0 Å². The molecule has 1 heterocycles. The highest BCUT2D eigenvalue weighted by molar-refractivity contribution is 5.87. The monoisotopic (exact) mass is 191 g/mol. The number of furan rings is 1. The molecule has 2 rings (SSSR count). The van der Waals surface area contributed by atoms with Crippen LogP contribution in [0.5, 0.6) is 5.75 Å². The van der Waals surface area contributed by atoms with E-state index in [4.69, 9.17) is 14.9 Å². The van der Waals surface area contributed by atoms with Crippen molar-refractivity contribution in [3.8, 4) is 5.75 Å². The molecule has 1 aromatic heterocycles. The van der Waals surface area contributed by atoms with E-state index < -0.39 is 0 Å². The van der Waals surface area contributed by atoms with Crippen LogP contribution >= 0.6 is 0 Å². The first kappa shape index (κ1) is 9.09. The fraction of sp³-hybridized carbons (Fsp3) is 0.273. The molecule has 1 aromatic carbocycles. The number of aryl methyl sites for hydroxylation is 1. The van der Waals surface area contributed by atoms with Crippen LogP contribution in [0.25, 0.3) is 11.0 Å². The van der Waals surface area contributed by atoms with Gasteiger partial charge >= 0.3 is 0 Å². The first-order valence-electron chi connectivity index (χ1n) is 4.53. The van der Waals surface area contributed by atoms with Gasteiger partial charge in [-0.05, 0) is 18.6 Å². The molecule has 0 atom stereocenters. The molecule has 0 aliphatic carbocycles. The van der Waals surface area contributed by atoms with Crippen molar-refractivity contribution in [1.82, 2.24) is 0 Å². The van der Waals surface area contributed by atoms with E-state index in [1.54, 1.807) is 7.11 Å². The van der Waals surface area contributed by atoms with Gasteiger partial charge in [0, 0.05) is 5.39 Å². The summed E-state index contributed by atoms with van der Waals surface area (Å²) in [7, 11) is 1.63. The van der Waals surface area contributed by atoms with Gasteiger partial charge in [-0.3, -0.25) is 0 Å². The van der Waals surface area contributed by atoms with Crippen LogP contribution in [-0.4, -0.2) is 7.11 Å². The van der Waals surface area contributed by atoms with Crippen molar-refractivity contribution in [2.75, 3.05) is 7.11 Å². The Balaban J connectivity index is 2.77. The van der Waals surface area contributed by atoms with E-state index in [9.17, 15) is 0 Å².